The number of fused-ring (bicyclic) bond motifs is 1. The molecule has 1 amide bonds. The minimum atomic E-state index is -0.664. The first-order chi connectivity index (χ1) is 15.5. The molecule has 2 aromatic carbocycles. The number of para-hydroxylation sites is 1. The monoisotopic (exact) mass is 449 g/mol. The van der Waals surface area contributed by atoms with Gasteiger partial charge in [0.05, 0.1) is 19.4 Å². The summed E-state index contributed by atoms with van der Waals surface area (Å²) in [4.78, 5) is 37.9. The minimum absolute atomic E-state index is 0.0107. The van der Waals surface area contributed by atoms with E-state index in [1.165, 1.54) is 29.2 Å². The Bertz CT molecular complexity index is 1310. The molecule has 0 aliphatic carbocycles. The van der Waals surface area contributed by atoms with Crippen molar-refractivity contribution in [3.63, 3.8) is 0 Å². The fourth-order valence-electron chi connectivity index (χ4n) is 3.22. The largest absolute Gasteiger partial charge is 0.464 e. The van der Waals surface area contributed by atoms with Crippen molar-refractivity contribution in [2.24, 2.45) is 0 Å². The summed E-state index contributed by atoms with van der Waals surface area (Å²) < 4.78 is 12.1. The molecule has 0 saturated heterocycles. The van der Waals surface area contributed by atoms with E-state index in [0.717, 1.165) is 4.70 Å². The second-order valence-corrected chi connectivity index (χ2v) is 7.68. The molecule has 0 radical (unpaired) electrons. The van der Waals surface area contributed by atoms with E-state index in [1.807, 2.05) is 24.3 Å². The van der Waals surface area contributed by atoms with Gasteiger partial charge >= 0.3 is 11.9 Å². The van der Waals surface area contributed by atoms with Gasteiger partial charge in [-0.25, -0.2) is 14.3 Å². The highest BCUT2D eigenvalue weighted by Gasteiger charge is 2.25. The Hall–Kier alpha value is -3.98. The second-order valence-electron chi connectivity index (χ2n) is 6.63. The molecular formula is C23H19N3O5S. The number of aromatic nitrogens is 2. The third-order valence-corrected chi connectivity index (χ3v) is 5.73. The summed E-state index contributed by atoms with van der Waals surface area (Å²) in [7, 11) is 1.24. The van der Waals surface area contributed by atoms with Crippen molar-refractivity contribution in [2.45, 2.75) is 6.92 Å². The van der Waals surface area contributed by atoms with E-state index in [0.29, 0.717) is 21.6 Å². The quantitative estimate of drug-likeness (QED) is 0.441. The van der Waals surface area contributed by atoms with Crippen molar-refractivity contribution in [2.75, 3.05) is 19.0 Å². The van der Waals surface area contributed by atoms with Gasteiger partial charge in [0.15, 0.2) is 5.69 Å². The van der Waals surface area contributed by atoms with E-state index in [1.54, 1.807) is 37.3 Å². The van der Waals surface area contributed by atoms with E-state index >= 15 is 0 Å². The van der Waals surface area contributed by atoms with Crippen LogP contribution < -0.4 is 5.32 Å². The van der Waals surface area contributed by atoms with Crippen LogP contribution in [-0.2, 0) is 9.47 Å². The lowest BCUT2D eigenvalue weighted by atomic mass is 10.1. The molecule has 9 heteroatoms. The van der Waals surface area contributed by atoms with Crippen LogP contribution in [-0.4, -0.2) is 41.3 Å². The van der Waals surface area contributed by atoms with Crippen LogP contribution in [0.25, 0.3) is 15.8 Å². The summed E-state index contributed by atoms with van der Waals surface area (Å²) in [5.41, 5.74) is 0.988. The molecule has 0 bridgehead atoms. The molecular weight excluding hydrogens is 430 g/mol. The zero-order valence-corrected chi connectivity index (χ0v) is 18.1. The zero-order chi connectivity index (χ0) is 22.7. The van der Waals surface area contributed by atoms with Crippen LogP contribution in [0.3, 0.4) is 0 Å². The number of hydrogen-bond donors (Lipinski definition) is 1. The molecule has 2 aromatic heterocycles. The van der Waals surface area contributed by atoms with Crippen molar-refractivity contribution in [3.8, 4) is 5.69 Å². The molecule has 8 nitrogen and oxygen atoms in total. The molecule has 0 unspecified atom stereocenters. The van der Waals surface area contributed by atoms with E-state index in [9.17, 15) is 14.4 Å². The number of hydrogen-bond acceptors (Lipinski definition) is 7. The summed E-state index contributed by atoms with van der Waals surface area (Å²) in [6.07, 6.45) is 0. The molecule has 0 spiro atoms. The third-order valence-electron chi connectivity index (χ3n) is 4.64. The first kappa shape index (κ1) is 21.3. The first-order valence-electron chi connectivity index (χ1n) is 9.77. The van der Waals surface area contributed by atoms with Gasteiger partial charge in [-0.05, 0) is 25.1 Å². The predicted molar refractivity (Wildman–Crippen MR) is 121 cm³/mol. The number of nitrogens with one attached hydrogen (secondary N) is 1. The number of rotatable bonds is 6. The normalized spacial score (nSPS) is 10.7. The Kier molecular flexibility index (Phi) is 6.00. The highest BCUT2D eigenvalue weighted by molar-refractivity contribution is 7.23. The van der Waals surface area contributed by atoms with E-state index in [4.69, 9.17) is 9.47 Å². The number of methoxy groups -OCH3 is 1. The first-order valence-corrected chi connectivity index (χ1v) is 10.6. The lowest BCUT2D eigenvalue weighted by molar-refractivity contribution is 0.0529. The van der Waals surface area contributed by atoms with Gasteiger partial charge in [-0.2, -0.15) is 5.10 Å². The van der Waals surface area contributed by atoms with Crippen molar-refractivity contribution >= 4 is 44.3 Å². The number of benzene rings is 2. The fraction of sp³-hybridized carbons (Fsp3) is 0.130. The van der Waals surface area contributed by atoms with Gasteiger partial charge < -0.3 is 14.8 Å². The average molecular weight is 449 g/mol. The van der Waals surface area contributed by atoms with E-state index in [2.05, 4.69) is 10.4 Å². The van der Waals surface area contributed by atoms with E-state index in [-0.39, 0.29) is 18.0 Å². The smallest absolute Gasteiger partial charge is 0.358 e. The number of anilines is 1. The molecule has 0 aliphatic rings. The number of amides is 1. The number of esters is 2. The molecule has 32 heavy (non-hydrogen) atoms. The highest BCUT2D eigenvalue weighted by Crippen LogP contribution is 2.36. The fourth-order valence-corrected chi connectivity index (χ4v) is 4.31. The summed E-state index contributed by atoms with van der Waals surface area (Å²) in [5.74, 6) is -1.72. The molecule has 0 fully saturated rings. The summed E-state index contributed by atoms with van der Waals surface area (Å²) >= 11 is 1.27. The minimum Gasteiger partial charge on any atom is -0.464 e. The Morgan fingerprint density at radius 3 is 2.47 bits per heavy atom. The Labute approximate surface area is 187 Å². The number of carbonyl (C=O) groups is 3. The summed E-state index contributed by atoms with van der Waals surface area (Å²) in [5, 5.41) is 8.09. The number of carbonyl (C=O) groups excluding carboxylic acids is 3. The predicted octanol–water partition coefficient (Wildman–Crippen LogP) is 4.30. The SMILES string of the molecule is CCOC(=O)c1c(NC(=O)c2cc(C(=O)OC)nn2-c2ccccc2)sc2ccccc12. The lowest BCUT2D eigenvalue weighted by Gasteiger charge is -2.09. The average Bonchev–Trinajstić information content (AvgIpc) is 3.41. The molecule has 0 aliphatic heterocycles. The van der Waals surface area contributed by atoms with Gasteiger partial charge in [-0.3, -0.25) is 4.79 Å². The Morgan fingerprint density at radius 2 is 1.75 bits per heavy atom. The maximum Gasteiger partial charge on any atom is 0.358 e. The maximum absolute atomic E-state index is 13.3. The van der Waals surface area contributed by atoms with Gasteiger partial charge in [0.2, 0.25) is 0 Å². The Balaban J connectivity index is 1.77. The standard InChI is InChI=1S/C23H19N3O5S/c1-3-31-23(29)19-15-11-7-8-12-18(15)32-21(19)24-20(27)17-13-16(22(28)30-2)25-26(17)14-9-5-4-6-10-14/h4-13H,3H2,1-2H3,(H,24,27). The number of thiophene rings is 1. The second kappa shape index (κ2) is 9.03. The van der Waals surface area contributed by atoms with Crippen LogP contribution >= 0.6 is 11.3 Å². The third kappa shape index (κ3) is 3.97. The molecule has 2 heterocycles. The van der Waals surface area contributed by atoms with Gasteiger partial charge in [-0.1, -0.05) is 36.4 Å². The van der Waals surface area contributed by atoms with E-state index < -0.39 is 17.8 Å². The van der Waals surface area contributed by atoms with Gasteiger partial charge in [0, 0.05) is 16.2 Å². The van der Waals surface area contributed by atoms with Crippen LogP contribution in [0, 0.1) is 0 Å². The van der Waals surface area contributed by atoms with Crippen molar-refractivity contribution in [3.05, 3.63) is 77.6 Å². The molecule has 4 rings (SSSR count). The van der Waals surface area contributed by atoms with Gasteiger partial charge in [-0.15, -0.1) is 11.3 Å². The van der Waals surface area contributed by atoms with Crippen LogP contribution in [0.15, 0.2) is 60.7 Å². The van der Waals surface area contributed by atoms with Crippen LogP contribution in [0.1, 0.15) is 38.3 Å². The topological polar surface area (TPSA) is 99.5 Å². The molecule has 0 atom stereocenters. The highest BCUT2D eigenvalue weighted by atomic mass is 32.1. The maximum atomic E-state index is 13.3. The Morgan fingerprint density at radius 1 is 1.03 bits per heavy atom. The molecule has 0 saturated carbocycles. The molecule has 162 valence electrons. The van der Waals surface area contributed by atoms with Crippen LogP contribution in [0.5, 0.6) is 0 Å². The van der Waals surface area contributed by atoms with Crippen molar-refractivity contribution in [1.82, 2.24) is 9.78 Å². The van der Waals surface area contributed by atoms with Crippen LogP contribution in [0.4, 0.5) is 5.00 Å². The lowest BCUT2D eigenvalue weighted by Crippen LogP contribution is -2.18. The summed E-state index contributed by atoms with van der Waals surface area (Å²) in [6.45, 7) is 1.93. The number of nitrogens with zero attached hydrogens (tertiary/aromatic N) is 2. The van der Waals surface area contributed by atoms with Gasteiger partial charge in [0.1, 0.15) is 16.3 Å². The number of ether oxygens (including phenoxy) is 2. The zero-order valence-electron chi connectivity index (χ0n) is 17.3. The molecule has 1 N–H and O–H groups in total. The van der Waals surface area contributed by atoms with Crippen LogP contribution in [0.2, 0.25) is 0 Å². The van der Waals surface area contributed by atoms with Gasteiger partial charge in [0.25, 0.3) is 5.91 Å². The molecule has 4 aromatic rings. The van der Waals surface area contributed by atoms with Crippen molar-refractivity contribution < 1.29 is 23.9 Å². The summed E-state index contributed by atoms with van der Waals surface area (Å²) in [6, 6.07) is 17.6. The van der Waals surface area contributed by atoms with Crippen molar-refractivity contribution in [1.29, 1.82) is 0 Å².